The maximum absolute atomic E-state index is 12.5. The quantitative estimate of drug-likeness (QED) is 0.829. The Morgan fingerprint density at radius 3 is 2.61 bits per heavy atom. The van der Waals surface area contributed by atoms with Gasteiger partial charge in [0, 0.05) is 36.5 Å². The summed E-state index contributed by atoms with van der Waals surface area (Å²) >= 11 is 1.53. The van der Waals surface area contributed by atoms with E-state index in [4.69, 9.17) is 0 Å². The molecule has 1 heterocycles. The van der Waals surface area contributed by atoms with Crippen LogP contribution in [0.25, 0.3) is 0 Å². The molecule has 0 bridgehead atoms. The van der Waals surface area contributed by atoms with Crippen molar-refractivity contribution in [3.05, 3.63) is 29.8 Å². The number of methoxy groups -OCH3 is 1. The molecule has 23 heavy (non-hydrogen) atoms. The molecule has 0 spiro atoms. The Bertz CT molecular complexity index is 588. The molecule has 0 aliphatic carbocycles. The summed E-state index contributed by atoms with van der Waals surface area (Å²) in [7, 11) is 1.37. The molecule has 6 nitrogen and oxygen atoms in total. The van der Waals surface area contributed by atoms with E-state index >= 15 is 0 Å². The van der Waals surface area contributed by atoms with Crippen molar-refractivity contribution in [2.45, 2.75) is 18.6 Å². The molecule has 1 aliphatic rings. The van der Waals surface area contributed by atoms with Crippen molar-refractivity contribution in [1.29, 1.82) is 0 Å². The summed E-state index contributed by atoms with van der Waals surface area (Å²) < 4.78 is 4.62. The third-order valence-electron chi connectivity index (χ3n) is 3.55. The first-order valence-corrected chi connectivity index (χ1v) is 8.40. The minimum atomic E-state index is -0.242. The lowest BCUT2D eigenvalue weighted by Crippen LogP contribution is -2.29. The van der Waals surface area contributed by atoms with Crippen LogP contribution in [0.3, 0.4) is 0 Å². The van der Waals surface area contributed by atoms with Crippen molar-refractivity contribution in [2.24, 2.45) is 0 Å². The number of hydrogen-bond donors (Lipinski definition) is 1. The number of anilines is 1. The van der Waals surface area contributed by atoms with Crippen LogP contribution in [0, 0.1) is 0 Å². The molecular weight excluding hydrogens is 316 g/mol. The maximum Gasteiger partial charge on any atom is 0.315 e. The largest absolute Gasteiger partial charge is 0.468 e. The number of amides is 2. The fourth-order valence-corrected chi connectivity index (χ4v) is 3.42. The molecule has 1 N–H and O–H groups in total. The highest BCUT2D eigenvalue weighted by Crippen LogP contribution is 2.24. The zero-order valence-electron chi connectivity index (χ0n) is 13.2. The second kappa shape index (κ2) is 8.01. The molecule has 1 aliphatic heterocycles. The number of ether oxygens (including phenoxy) is 1. The fraction of sp³-hybridized carbons (Fsp3) is 0.438. The summed E-state index contributed by atoms with van der Waals surface area (Å²) in [5.41, 5.74) is 1.26. The number of benzene rings is 1. The fourth-order valence-electron chi connectivity index (χ4n) is 2.38. The summed E-state index contributed by atoms with van der Waals surface area (Å²) in [5.74, 6) is -0.0998. The Morgan fingerprint density at radius 1 is 1.30 bits per heavy atom. The number of likely N-dealkylation sites (tertiary alicyclic amines) is 1. The van der Waals surface area contributed by atoms with Crippen LogP contribution in [0.1, 0.15) is 23.7 Å². The molecule has 1 aromatic carbocycles. The van der Waals surface area contributed by atoms with Gasteiger partial charge < -0.3 is 15.0 Å². The van der Waals surface area contributed by atoms with Crippen LogP contribution in [-0.4, -0.2) is 53.9 Å². The molecule has 7 heteroatoms. The lowest BCUT2D eigenvalue weighted by molar-refractivity contribution is -0.137. The minimum Gasteiger partial charge on any atom is -0.468 e. The van der Waals surface area contributed by atoms with Gasteiger partial charge >= 0.3 is 5.97 Å². The van der Waals surface area contributed by atoms with Gasteiger partial charge in [0.25, 0.3) is 5.91 Å². The van der Waals surface area contributed by atoms with Gasteiger partial charge in [-0.2, -0.15) is 0 Å². The molecule has 1 fully saturated rings. The Morgan fingerprint density at radius 2 is 2.00 bits per heavy atom. The van der Waals surface area contributed by atoms with Crippen molar-refractivity contribution >= 4 is 35.2 Å². The van der Waals surface area contributed by atoms with Crippen LogP contribution in [-0.2, 0) is 14.3 Å². The summed E-state index contributed by atoms with van der Waals surface area (Å²) in [6.07, 6.45) is 0.872. The predicted molar refractivity (Wildman–Crippen MR) is 89.5 cm³/mol. The van der Waals surface area contributed by atoms with Gasteiger partial charge in [0.15, 0.2) is 0 Å². The first kappa shape index (κ1) is 17.3. The van der Waals surface area contributed by atoms with E-state index in [1.54, 1.807) is 29.2 Å². The van der Waals surface area contributed by atoms with Gasteiger partial charge in [0.2, 0.25) is 5.91 Å². The first-order chi connectivity index (χ1) is 11.0. The molecular formula is C16H20N2O4S. The highest BCUT2D eigenvalue weighted by atomic mass is 32.2. The van der Waals surface area contributed by atoms with Gasteiger partial charge in [-0.05, 0) is 30.7 Å². The lowest BCUT2D eigenvalue weighted by Gasteiger charge is -2.16. The molecule has 2 rings (SSSR count). The topological polar surface area (TPSA) is 75.7 Å². The zero-order chi connectivity index (χ0) is 16.8. The van der Waals surface area contributed by atoms with E-state index in [0.717, 1.165) is 6.42 Å². The van der Waals surface area contributed by atoms with Crippen LogP contribution in [0.2, 0.25) is 0 Å². The van der Waals surface area contributed by atoms with E-state index in [-0.39, 0.29) is 23.0 Å². The van der Waals surface area contributed by atoms with Crippen molar-refractivity contribution in [3.8, 4) is 0 Å². The SMILES string of the molecule is COC(=O)CS[C@H]1CCN(C(=O)c2ccc(NC(C)=O)cc2)C1. The molecule has 124 valence electrons. The number of nitrogens with one attached hydrogen (secondary N) is 1. The highest BCUT2D eigenvalue weighted by Gasteiger charge is 2.27. The van der Waals surface area contributed by atoms with Gasteiger partial charge in [-0.15, -0.1) is 11.8 Å². The molecule has 1 aromatic rings. The number of carbonyl (C=O) groups excluding carboxylic acids is 3. The van der Waals surface area contributed by atoms with Crippen LogP contribution < -0.4 is 5.32 Å². The average Bonchev–Trinajstić information content (AvgIpc) is 3.01. The van der Waals surface area contributed by atoms with Crippen molar-refractivity contribution in [2.75, 3.05) is 31.3 Å². The third-order valence-corrected chi connectivity index (χ3v) is 4.81. The van der Waals surface area contributed by atoms with E-state index < -0.39 is 0 Å². The van der Waals surface area contributed by atoms with E-state index in [9.17, 15) is 14.4 Å². The Labute approximate surface area is 139 Å². The van der Waals surface area contributed by atoms with Gasteiger partial charge in [-0.3, -0.25) is 14.4 Å². The molecule has 0 aromatic heterocycles. The van der Waals surface area contributed by atoms with Crippen molar-refractivity contribution in [1.82, 2.24) is 4.90 Å². The van der Waals surface area contributed by atoms with Crippen molar-refractivity contribution < 1.29 is 19.1 Å². The average molecular weight is 336 g/mol. The second-order valence-electron chi connectivity index (χ2n) is 5.31. The molecule has 1 saturated heterocycles. The maximum atomic E-state index is 12.5. The molecule has 2 amide bonds. The number of hydrogen-bond acceptors (Lipinski definition) is 5. The number of thioether (sulfide) groups is 1. The number of rotatable bonds is 5. The Kier molecular flexibility index (Phi) is 6.04. The predicted octanol–water partition coefficient (Wildman–Crippen LogP) is 1.77. The standard InChI is InChI=1S/C16H20N2O4S/c1-11(19)17-13-5-3-12(4-6-13)16(21)18-8-7-14(9-18)23-10-15(20)22-2/h3-6,14H,7-10H2,1-2H3,(H,17,19)/t14-/m0/s1. The summed E-state index contributed by atoms with van der Waals surface area (Å²) in [4.78, 5) is 36.4. The number of nitrogens with zero attached hydrogens (tertiary/aromatic N) is 1. The minimum absolute atomic E-state index is 0.0273. The lowest BCUT2D eigenvalue weighted by atomic mass is 10.2. The third kappa shape index (κ3) is 4.99. The first-order valence-electron chi connectivity index (χ1n) is 7.35. The van der Waals surface area contributed by atoms with Gasteiger partial charge in [-0.25, -0.2) is 0 Å². The smallest absolute Gasteiger partial charge is 0.315 e. The summed E-state index contributed by atoms with van der Waals surface area (Å²) in [5, 5.41) is 2.93. The van der Waals surface area contributed by atoms with Crippen LogP contribution in [0.15, 0.2) is 24.3 Å². The van der Waals surface area contributed by atoms with Crippen LogP contribution in [0.5, 0.6) is 0 Å². The van der Waals surface area contributed by atoms with Gasteiger partial charge in [0.05, 0.1) is 12.9 Å². The van der Waals surface area contributed by atoms with E-state index in [0.29, 0.717) is 30.1 Å². The summed E-state index contributed by atoms with van der Waals surface area (Å²) in [6, 6.07) is 6.85. The van der Waals surface area contributed by atoms with Crippen molar-refractivity contribution in [3.63, 3.8) is 0 Å². The number of esters is 1. The van der Waals surface area contributed by atoms with Crippen LogP contribution >= 0.6 is 11.8 Å². The van der Waals surface area contributed by atoms with Gasteiger partial charge in [0.1, 0.15) is 0 Å². The second-order valence-corrected chi connectivity index (χ2v) is 6.60. The monoisotopic (exact) mass is 336 g/mol. The molecule has 0 saturated carbocycles. The van der Waals surface area contributed by atoms with Crippen LogP contribution in [0.4, 0.5) is 5.69 Å². The summed E-state index contributed by atoms with van der Waals surface area (Å²) in [6.45, 7) is 2.76. The van der Waals surface area contributed by atoms with E-state index in [1.165, 1.54) is 25.8 Å². The van der Waals surface area contributed by atoms with Gasteiger partial charge in [-0.1, -0.05) is 0 Å². The van der Waals surface area contributed by atoms with E-state index in [2.05, 4.69) is 10.1 Å². The number of carbonyl (C=O) groups is 3. The zero-order valence-corrected chi connectivity index (χ0v) is 14.0. The van der Waals surface area contributed by atoms with E-state index in [1.807, 2.05) is 0 Å². The molecule has 0 radical (unpaired) electrons. The highest BCUT2D eigenvalue weighted by molar-refractivity contribution is 8.00. The molecule has 0 unspecified atom stereocenters. The molecule has 1 atom stereocenters. The normalized spacial score (nSPS) is 17.0. The Hall–Kier alpha value is -2.02. The Balaban J connectivity index is 1.88.